The standard InChI is InChI=1S/C14H17N3O3S/c18-13(16-8-11-2-1-5-19-11)10-17-4-6-20-12(9-17)14-15-3-7-21-14/h1-3,5,7,12H,4,6,8-10H2,(H,16,18)/t12-/m1/s1. The Labute approximate surface area is 126 Å². The number of nitrogens with one attached hydrogen (secondary N) is 1. The van der Waals surface area contributed by atoms with Crippen molar-refractivity contribution in [2.75, 3.05) is 26.2 Å². The van der Waals surface area contributed by atoms with Crippen molar-refractivity contribution in [2.24, 2.45) is 0 Å². The zero-order valence-electron chi connectivity index (χ0n) is 11.5. The van der Waals surface area contributed by atoms with E-state index in [9.17, 15) is 4.79 Å². The number of carbonyl (C=O) groups excluding carboxylic acids is 1. The fourth-order valence-electron chi connectivity index (χ4n) is 2.25. The molecule has 3 heterocycles. The van der Waals surface area contributed by atoms with Crippen LogP contribution in [0.15, 0.2) is 34.4 Å². The second-order valence-corrected chi connectivity index (χ2v) is 5.75. The molecule has 7 heteroatoms. The summed E-state index contributed by atoms with van der Waals surface area (Å²) in [5.74, 6) is 0.747. The van der Waals surface area contributed by atoms with Gasteiger partial charge in [-0.15, -0.1) is 11.3 Å². The number of hydrogen-bond acceptors (Lipinski definition) is 6. The number of furan rings is 1. The van der Waals surface area contributed by atoms with E-state index in [1.54, 1.807) is 23.8 Å². The zero-order valence-corrected chi connectivity index (χ0v) is 12.3. The molecule has 0 spiro atoms. The van der Waals surface area contributed by atoms with Crippen LogP contribution in [0, 0.1) is 0 Å². The molecule has 0 aromatic carbocycles. The van der Waals surface area contributed by atoms with E-state index < -0.39 is 0 Å². The van der Waals surface area contributed by atoms with Crippen molar-refractivity contribution in [1.29, 1.82) is 0 Å². The van der Waals surface area contributed by atoms with Crippen LogP contribution in [0.1, 0.15) is 16.9 Å². The first-order valence-electron chi connectivity index (χ1n) is 6.83. The molecule has 2 aromatic heterocycles. The summed E-state index contributed by atoms with van der Waals surface area (Å²) in [6.07, 6.45) is 3.34. The largest absolute Gasteiger partial charge is 0.467 e. The van der Waals surface area contributed by atoms with Gasteiger partial charge in [0.1, 0.15) is 16.9 Å². The van der Waals surface area contributed by atoms with E-state index in [0.717, 1.165) is 17.3 Å². The van der Waals surface area contributed by atoms with E-state index in [2.05, 4.69) is 15.2 Å². The molecule has 6 nitrogen and oxygen atoms in total. The number of nitrogens with zero attached hydrogens (tertiary/aromatic N) is 2. The quantitative estimate of drug-likeness (QED) is 0.905. The molecule has 1 saturated heterocycles. The van der Waals surface area contributed by atoms with Gasteiger partial charge in [-0.05, 0) is 12.1 Å². The van der Waals surface area contributed by atoms with Gasteiger partial charge < -0.3 is 14.5 Å². The molecule has 0 saturated carbocycles. The minimum Gasteiger partial charge on any atom is -0.467 e. The van der Waals surface area contributed by atoms with E-state index >= 15 is 0 Å². The molecule has 1 atom stereocenters. The molecule has 21 heavy (non-hydrogen) atoms. The van der Waals surface area contributed by atoms with Crippen LogP contribution in [0.3, 0.4) is 0 Å². The first-order valence-corrected chi connectivity index (χ1v) is 7.71. The molecule has 1 aliphatic heterocycles. The van der Waals surface area contributed by atoms with Gasteiger partial charge in [-0.3, -0.25) is 9.69 Å². The van der Waals surface area contributed by atoms with E-state index in [-0.39, 0.29) is 12.0 Å². The van der Waals surface area contributed by atoms with Gasteiger partial charge >= 0.3 is 0 Å². The van der Waals surface area contributed by atoms with Gasteiger partial charge in [-0.25, -0.2) is 4.98 Å². The molecule has 1 fully saturated rings. The molecule has 1 N–H and O–H groups in total. The summed E-state index contributed by atoms with van der Waals surface area (Å²) in [6, 6.07) is 3.65. The second kappa shape index (κ2) is 6.84. The predicted molar refractivity (Wildman–Crippen MR) is 77.8 cm³/mol. The predicted octanol–water partition coefficient (Wildman–Crippen LogP) is 1.43. The van der Waals surface area contributed by atoms with Crippen LogP contribution < -0.4 is 5.32 Å². The highest BCUT2D eigenvalue weighted by molar-refractivity contribution is 7.09. The molecule has 0 unspecified atom stereocenters. The number of ether oxygens (including phenoxy) is 1. The third kappa shape index (κ3) is 3.90. The topological polar surface area (TPSA) is 67.6 Å². The maximum absolute atomic E-state index is 12.0. The number of carbonyl (C=O) groups is 1. The Morgan fingerprint density at radius 3 is 3.29 bits per heavy atom. The van der Waals surface area contributed by atoms with Gasteiger partial charge in [-0.1, -0.05) is 0 Å². The van der Waals surface area contributed by atoms with Crippen LogP contribution in [0.4, 0.5) is 0 Å². The number of amides is 1. The second-order valence-electron chi connectivity index (χ2n) is 4.82. The van der Waals surface area contributed by atoms with E-state index in [4.69, 9.17) is 9.15 Å². The van der Waals surface area contributed by atoms with Gasteiger partial charge in [-0.2, -0.15) is 0 Å². The third-order valence-electron chi connectivity index (χ3n) is 3.28. The highest BCUT2D eigenvalue weighted by atomic mass is 32.1. The minimum absolute atomic E-state index is 0.00816. The smallest absolute Gasteiger partial charge is 0.234 e. The molecule has 112 valence electrons. The van der Waals surface area contributed by atoms with Crippen molar-refractivity contribution < 1.29 is 13.9 Å². The molecule has 3 rings (SSSR count). The normalized spacial score (nSPS) is 19.5. The van der Waals surface area contributed by atoms with E-state index in [0.29, 0.717) is 26.2 Å². The lowest BCUT2D eigenvalue weighted by Gasteiger charge is -2.31. The first kappa shape index (κ1) is 14.2. The third-order valence-corrected chi connectivity index (χ3v) is 4.15. The van der Waals surface area contributed by atoms with Gasteiger partial charge in [0.2, 0.25) is 5.91 Å². The van der Waals surface area contributed by atoms with Crippen molar-refractivity contribution in [3.8, 4) is 0 Å². The summed E-state index contributed by atoms with van der Waals surface area (Å²) in [7, 11) is 0. The van der Waals surface area contributed by atoms with Crippen LogP contribution in [0.2, 0.25) is 0 Å². The number of thiazole rings is 1. The highest BCUT2D eigenvalue weighted by Gasteiger charge is 2.24. The lowest BCUT2D eigenvalue weighted by atomic mass is 10.2. The number of morpholine rings is 1. The molecular weight excluding hydrogens is 290 g/mol. The Kier molecular flexibility index (Phi) is 4.64. The molecule has 1 aliphatic rings. The van der Waals surface area contributed by atoms with Gasteiger partial charge in [0.05, 0.1) is 26.0 Å². The summed E-state index contributed by atoms with van der Waals surface area (Å²) in [4.78, 5) is 18.3. The van der Waals surface area contributed by atoms with Crippen LogP contribution in [-0.4, -0.2) is 42.0 Å². The summed E-state index contributed by atoms with van der Waals surface area (Å²) < 4.78 is 10.9. The number of rotatable bonds is 5. The highest BCUT2D eigenvalue weighted by Crippen LogP contribution is 2.23. The number of hydrogen-bond donors (Lipinski definition) is 1. The van der Waals surface area contributed by atoms with Crippen molar-refractivity contribution in [2.45, 2.75) is 12.6 Å². The summed E-state index contributed by atoms with van der Waals surface area (Å²) >= 11 is 1.58. The monoisotopic (exact) mass is 307 g/mol. The van der Waals surface area contributed by atoms with Gasteiger partial charge in [0, 0.05) is 24.7 Å². The molecule has 2 aromatic rings. The van der Waals surface area contributed by atoms with Crippen molar-refractivity contribution in [1.82, 2.24) is 15.2 Å². The Hall–Kier alpha value is -1.70. The lowest BCUT2D eigenvalue weighted by molar-refractivity contribution is -0.124. The first-order chi connectivity index (χ1) is 10.3. The Balaban J connectivity index is 1.47. The lowest BCUT2D eigenvalue weighted by Crippen LogP contribution is -2.44. The van der Waals surface area contributed by atoms with Crippen LogP contribution in [-0.2, 0) is 16.1 Å². The van der Waals surface area contributed by atoms with E-state index in [1.807, 2.05) is 17.5 Å². The average Bonchev–Trinajstić information content (AvgIpc) is 3.19. The van der Waals surface area contributed by atoms with Crippen molar-refractivity contribution >= 4 is 17.2 Å². The summed E-state index contributed by atoms with van der Waals surface area (Å²) in [5, 5.41) is 5.76. The molecule has 1 amide bonds. The SMILES string of the molecule is O=C(CN1CCO[C@@H](c2nccs2)C1)NCc1ccco1. The van der Waals surface area contributed by atoms with Crippen LogP contribution in [0.5, 0.6) is 0 Å². The van der Waals surface area contributed by atoms with Crippen molar-refractivity contribution in [3.05, 3.63) is 40.7 Å². The Morgan fingerprint density at radius 2 is 2.52 bits per heavy atom. The molecule has 0 radical (unpaired) electrons. The fourth-order valence-corrected chi connectivity index (χ4v) is 2.92. The van der Waals surface area contributed by atoms with Gasteiger partial charge in [0.15, 0.2) is 0 Å². The summed E-state index contributed by atoms with van der Waals surface area (Å²) in [6.45, 7) is 2.87. The van der Waals surface area contributed by atoms with Crippen LogP contribution >= 0.6 is 11.3 Å². The van der Waals surface area contributed by atoms with E-state index in [1.165, 1.54) is 0 Å². The average molecular weight is 307 g/mol. The number of aromatic nitrogens is 1. The molecule has 0 aliphatic carbocycles. The Morgan fingerprint density at radius 1 is 1.57 bits per heavy atom. The fraction of sp³-hybridized carbons (Fsp3) is 0.429. The maximum Gasteiger partial charge on any atom is 0.234 e. The van der Waals surface area contributed by atoms with Crippen molar-refractivity contribution in [3.63, 3.8) is 0 Å². The summed E-state index contributed by atoms with van der Waals surface area (Å²) in [5.41, 5.74) is 0. The molecule has 0 bridgehead atoms. The molecular formula is C14H17N3O3S. The van der Waals surface area contributed by atoms with Gasteiger partial charge in [0.25, 0.3) is 0 Å². The minimum atomic E-state index is -0.0309. The van der Waals surface area contributed by atoms with Crippen LogP contribution in [0.25, 0.3) is 0 Å². The Bertz CT molecular complexity index is 556. The zero-order chi connectivity index (χ0) is 14.5. The maximum atomic E-state index is 12.0.